The van der Waals surface area contributed by atoms with E-state index in [0.29, 0.717) is 12.2 Å². The van der Waals surface area contributed by atoms with E-state index in [1.54, 1.807) is 0 Å². The third-order valence-electron chi connectivity index (χ3n) is 1.41. The zero-order valence-electron chi connectivity index (χ0n) is 5.78. The van der Waals surface area contributed by atoms with Crippen LogP contribution in [0.3, 0.4) is 0 Å². The maximum absolute atomic E-state index is 13.1. The quantitative estimate of drug-likeness (QED) is 0.589. The van der Waals surface area contributed by atoms with Gasteiger partial charge in [-0.3, -0.25) is 4.79 Å². The lowest BCUT2D eigenvalue weighted by molar-refractivity contribution is -0.119. The first-order valence-electron chi connectivity index (χ1n) is 3.07. The first kappa shape index (κ1) is 9.32. The van der Waals surface area contributed by atoms with Crippen LogP contribution in [0.1, 0.15) is 6.42 Å². The summed E-state index contributed by atoms with van der Waals surface area (Å²) in [6.45, 7) is 0. The summed E-state index contributed by atoms with van der Waals surface area (Å²) < 4.78 is 37.9. The lowest BCUT2D eigenvalue weighted by atomic mass is 9.97. The molecule has 0 amide bonds. The highest BCUT2D eigenvalue weighted by Crippen LogP contribution is 2.32. The SMILES string of the molecule is O=C(Cl)C1(F)C=C(F)C=C(F)C1. The van der Waals surface area contributed by atoms with E-state index >= 15 is 0 Å². The van der Waals surface area contributed by atoms with Crippen LogP contribution < -0.4 is 0 Å². The number of halogens is 4. The van der Waals surface area contributed by atoms with Crippen LogP contribution in [0.25, 0.3) is 0 Å². The first-order valence-corrected chi connectivity index (χ1v) is 3.45. The van der Waals surface area contributed by atoms with Crippen LogP contribution in [0.4, 0.5) is 13.2 Å². The lowest BCUT2D eigenvalue weighted by Crippen LogP contribution is -2.29. The zero-order valence-corrected chi connectivity index (χ0v) is 6.54. The number of hydrogen-bond acceptors (Lipinski definition) is 1. The molecule has 0 bridgehead atoms. The summed E-state index contributed by atoms with van der Waals surface area (Å²) in [7, 11) is 0. The van der Waals surface area contributed by atoms with Crippen LogP contribution in [0, 0.1) is 0 Å². The maximum Gasteiger partial charge on any atom is 0.263 e. The molecular formula is C7H4ClF3O. The fraction of sp³-hybridized carbons (Fsp3) is 0.286. The predicted molar refractivity (Wildman–Crippen MR) is 37.7 cm³/mol. The monoisotopic (exact) mass is 196 g/mol. The van der Waals surface area contributed by atoms with Gasteiger partial charge in [0.25, 0.3) is 5.24 Å². The number of alkyl halides is 1. The van der Waals surface area contributed by atoms with Gasteiger partial charge in [-0.15, -0.1) is 0 Å². The lowest BCUT2D eigenvalue weighted by Gasteiger charge is -2.18. The van der Waals surface area contributed by atoms with Crippen molar-refractivity contribution in [3.8, 4) is 0 Å². The molecule has 1 nitrogen and oxygen atoms in total. The highest BCUT2D eigenvalue weighted by Gasteiger charge is 2.39. The number of carbonyl (C=O) groups excluding carboxylic acids is 1. The van der Waals surface area contributed by atoms with Crippen molar-refractivity contribution in [2.45, 2.75) is 12.1 Å². The Kier molecular flexibility index (Phi) is 2.28. The smallest absolute Gasteiger partial charge is 0.263 e. The maximum atomic E-state index is 13.1. The highest BCUT2D eigenvalue weighted by molar-refractivity contribution is 6.65. The molecular weight excluding hydrogens is 193 g/mol. The number of carbonyl (C=O) groups is 1. The Labute approximate surface area is 71.5 Å². The van der Waals surface area contributed by atoms with Gasteiger partial charge in [-0.2, -0.15) is 0 Å². The van der Waals surface area contributed by atoms with Crippen molar-refractivity contribution in [2.75, 3.05) is 0 Å². The van der Waals surface area contributed by atoms with Crippen molar-refractivity contribution in [1.29, 1.82) is 0 Å². The van der Waals surface area contributed by atoms with Gasteiger partial charge < -0.3 is 0 Å². The minimum Gasteiger partial charge on any atom is -0.277 e. The van der Waals surface area contributed by atoms with Crippen LogP contribution in [0.5, 0.6) is 0 Å². The first-order chi connectivity index (χ1) is 5.44. The normalized spacial score (nSPS) is 29.3. The fourth-order valence-electron chi connectivity index (χ4n) is 0.884. The van der Waals surface area contributed by atoms with Gasteiger partial charge in [0.15, 0.2) is 0 Å². The van der Waals surface area contributed by atoms with Gasteiger partial charge in [-0.1, -0.05) is 0 Å². The predicted octanol–water partition coefficient (Wildman–Crippen LogP) is 2.57. The summed E-state index contributed by atoms with van der Waals surface area (Å²) in [4.78, 5) is 10.4. The molecule has 0 radical (unpaired) electrons. The van der Waals surface area contributed by atoms with Crippen LogP contribution in [-0.4, -0.2) is 10.9 Å². The van der Waals surface area contributed by atoms with E-state index in [2.05, 4.69) is 0 Å². The highest BCUT2D eigenvalue weighted by atomic mass is 35.5. The molecule has 0 saturated carbocycles. The van der Waals surface area contributed by atoms with Crippen molar-refractivity contribution in [3.05, 3.63) is 23.8 Å². The summed E-state index contributed by atoms with van der Waals surface area (Å²) in [5.74, 6) is -2.17. The van der Waals surface area contributed by atoms with E-state index in [1.807, 2.05) is 0 Å². The van der Waals surface area contributed by atoms with Gasteiger partial charge in [0.05, 0.1) is 0 Å². The molecule has 0 aliphatic heterocycles. The second-order valence-corrected chi connectivity index (χ2v) is 2.78. The van der Waals surface area contributed by atoms with Crippen molar-refractivity contribution in [1.82, 2.24) is 0 Å². The minimum absolute atomic E-state index is 0.366. The Morgan fingerprint density at radius 3 is 2.58 bits per heavy atom. The molecule has 0 saturated heterocycles. The average Bonchev–Trinajstić information content (AvgIpc) is 1.82. The number of hydrogen-bond donors (Lipinski definition) is 0. The van der Waals surface area contributed by atoms with E-state index in [-0.39, 0.29) is 0 Å². The third-order valence-corrected chi connectivity index (χ3v) is 1.73. The molecule has 5 heteroatoms. The molecule has 1 unspecified atom stereocenters. The molecule has 0 aromatic rings. The molecule has 0 heterocycles. The summed E-state index contributed by atoms with van der Waals surface area (Å²) in [5.41, 5.74) is -2.73. The van der Waals surface area contributed by atoms with Crippen molar-refractivity contribution >= 4 is 16.8 Å². The summed E-state index contributed by atoms with van der Waals surface area (Å²) in [5, 5.41) is -1.42. The molecule has 12 heavy (non-hydrogen) atoms. The number of allylic oxidation sites excluding steroid dienone is 4. The van der Waals surface area contributed by atoms with Crippen LogP contribution >= 0.6 is 11.6 Å². The Morgan fingerprint density at radius 2 is 2.17 bits per heavy atom. The topological polar surface area (TPSA) is 17.1 Å². The van der Waals surface area contributed by atoms with Crippen molar-refractivity contribution in [2.24, 2.45) is 0 Å². The van der Waals surface area contributed by atoms with Crippen LogP contribution in [0.15, 0.2) is 23.8 Å². The van der Waals surface area contributed by atoms with E-state index < -0.39 is 29.0 Å². The third kappa shape index (κ3) is 1.69. The zero-order chi connectivity index (χ0) is 9.35. The minimum atomic E-state index is -2.73. The Bertz CT molecular complexity index is 284. The van der Waals surface area contributed by atoms with Gasteiger partial charge in [-0.05, 0) is 17.7 Å². The van der Waals surface area contributed by atoms with Gasteiger partial charge in [0, 0.05) is 12.5 Å². The van der Waals surface area contributed by atoms with Crippen molar-refractivity contribution < 1.29 is 18.0 Å². The fourth-order valence-corrected chi connectivity index (χ4v) is 1.01. The summed E-state index contributed by atoms with van der Waals surface area (Å²) >= 11 is 4.81. The van der Waals surface area contributed by atoms with Crippen molar-refractivity contribution in [3.63, 3.8) is 0 Å². The Morgan fingerprint density at radius 1 is 1.58 bits per heavy atom. The standard InChI is InChI=1S/C7H4ClF3O/c8-6(12)7(11)2-4(9)1-5(10)3-7/h1-2H,3H2. The molecule has 66 valence electrons. The van der Waals surface area contributed by atoms with E-state index in [1.165, 1.54) is 0 Å². The molecule has 1 aliphatic rings. The van der Waals surface area contributed by atoms with E-state index in [9.17, 15) is 18.0 Å². The average molecular weight is 197 g/mol. The van der Waals surface area contributed by atoms with E-state index in [0.717, 1.165) is 0 Å². The Balaban J connectivity index is 3.00. The van der Waals surface area contributed by atoms with Gasteiger partial charge in [0.1, 0.15) is 11.7 Å². The largest absolute Gasteiger partial charge is 0.277 e. The van der Waals surface area contributed by atoms with Gasteiger partial charge >= 0.3 is 0 Å². The molecule has 1 rings (SSSR count). The molecule has 0 aromatic heterocycles. The van der Waals surface area contributed by atoms with Gasteiger partial charge in [-0.25, -0.2) is 13.2 Å². The molecule has 0 spiro atoms. The van der Waals surface area contributed by atoms with E-state index in [4.69, 9.17) is 11.6 Å². The van der Waals surface area contributed by atoms with Gasteiger partial charge in [0.2, 0.25) is 5.67 Å². The molecule has 0 aromatic carbocycles. The van der Waals surface area contributed by atoms with Crippen LogP contribution in [-0.2, 0) is 4.79 Å². The second kappa shape index (κ2) is 2.94. The molecule has 0 N–H and O–H groups in total. The Hall–Kier alpha value is -0.770. The second-order valence-electron chi connectivity index (χ2n) is 2.43. The number of rotatable bonds is 1. The summed E-state index contributed by atoms with van der Waals surface area (Å²) in [6.07, 6.45) is 0.0474. The molecule has 1 aliphatic carbocycles. The summed E-state index contributed by atoms with van der Waals surface area (Å²) in [6, 6.07) is 0. The van der Waals surface area contributed by atoms with Crippen LogP contribution in [0.2, 0.25) is 0 Å². The molecule has 0 fully saturated rings. The molecule has 1 atom stereocenters.